The van der Waals surface area contributed by atoms with E-state index < -0.39 is 0 Å². The lowest BCUT2D eigenvalue weighted by Crippen LogP contribution is -2.46. The Bertz CT molecular complexity index is 603. The summed E-state index contributed by atoms with van der Waals surface area (Å²) in [7, 11) is 0. The zero-order chi connectivity index (χ0) is 18.9. The lowest BCUT2D eigenvalue weighted by atomic mass is 10.0. The highest BCUT2D eigenvalue weighted by molar-refractivity contribution is 14.0. The molecule has 1 fully saturated rings. The summed E-state index contributed by atoms with van der Waals surface area (Å²) >= 11 is 0. The van der Waals surface area contributed by atoms with Gasteiger partial charge >= 0.3 is 6.03 Å². The van der Waals surface area contributed by atoms with E-state index in [9.17, 15) is 4.79 Å². The molecular formula is C20H34IN5O. The van der Waals surface area contributed by atoms with Crippen molar-refractivity contribution in [3.05, 3.63) is 29.8 Å². The molecule has 0 bridgehead atoms. The van der Waals surface area contributed by atoms with Crippen LogP contribution in [0.2, 0.25) is 0 Å². The van der Waals surface area contributed by atoms with E-state index in [-0.39, 0.29) is 36.0 Å². The molecule has 0 saturated carbocycles. The van der Waals surface area contributed by atoms with Crippen molar-refractivity contribution in [3.63, 3.8) is 0 Å². The van der Waals surface area contributed by atoms with E-state index in [1.165, 1.54) is 12.8 Å². The topological polar surface area (TPSA) is 68.8 Å². The number of carbonyl (C=O) groups is 1. The van der Waals surface area contributed by atoms with Gasteiger partial charge in [-0.25, -0.2) is 9.79 Å². The first-order valence-corrected chi connectivity index (χ1v) is 9.67. The van der Waals surface area contributed by atoms with Crippen molar-refractivity contribution >= 4 is 41.7 Å². The summed E-state index contributed by atoms with van der Waals surface area (Å²) < 4.78 is 0. The first-order chi connectivity index (χ1) is 12.5. The summed E-state index contributed by atoms with van der Waals surface area (Å²) in [5.41, 5.74) is 1.91. The van der Waals surface area contributed by atoms with E-state index in [2.05, 4.69) is 34.7 Å². The molecule has 3 N–H and O–H groups in total. The molecule has 6 nitrogen and oxygen atoms in total. The van der Waals surface area contributed by atoms with Gasteiger partial charge in [-0.1, -0.05) is 19.1 Å². The van der Waals surface area contributed by atoms with Crippen LogP contribution in [0.3, 0.4) is 0 Å². The van der Waals surface area contributed by atoms with E-state index in [1.54, 1.807) is 0 Å². The van der Waals surface area contributed by atoms with Crippen LogP contribution in [0.5, 0.6) is 0 Å². The SMILES string of the molecule is CCNC(=NCc1ccc(NC(=O)NC(C)C)cc1)N1CCCC(C)C1.I. The number of aliphatic imine (C=N–C) groups is 1. The Kier molecular flexibility index (Phi) is 10.5. The Morgan fingerprint density at radius 3 is 2.59 bits per heavy atom. The fourth-order valence-corrected chi connectivity index (χ4v) is 3.10. The molecule has 2 rings (SSSR count). The molecule has 7 heteroatoms. The summed E-state index contributed by atoms with van der Waals surface area (Å²) in [5, 5.41) is 9.06. The molecule has 1 aromatic rings. The summed E-state index contributed by atoms with van der Waals surface area (Å²) in [6, 6.07) is 7.79. The van der Waals surface area contributed by atoms with Gasteiger partial charge in [0.25, 0.3) is 0 Å². The van der Waals surface area contributed by atoms with Gasteiger partial charge in [-0.3, -0.25) is 0 Å². The number of piperidine rings is 1. The third-order valence-electron chi connectivity index (χ3n) is 4.33. The number of rotatable bonds is 5. The molecule has 1 unspecified atom stereocenters. The van der Waals surface area contributed by atoms with Crippen molar-refractivity contribution in [1.29, 1.82) is 0 Å². The number of halogens is 1. The Morgan fingerprint density at radius 1 is 1.30 bits per heavy atom. The summed E-state index contributed by atoms with van der Waals surface area (Å²) in [4.78, 5) is 18.9. The molecule has 0 aromatic heterocycles. The van der Waals surface area contributed by atoms with E-state index in [0.29, 0.717) is 6.54 Å². The standard InChI is InChI=1S/C20H33N5O.HI/c1-5-21-19(25-12-6-7-16(4)14-25)22-13-17-8-10-18(11-9-17)24-20(26)23-15(2)3;/h8-11,15-16H,5-7,12-14H2,1-4H3,(H,21,22)(H2,23,24,26);1H. The van der Waals surface area contributed by atoms with E-state index in [4.69, 9.17) is 4.99 Å². The molecule has 1 aliphatic rings. The van der Waals surface area contributed by atoms with Crippen LogP contribution in [0.25, 0.3) is 0 Å². The van der Waals surface area contributed by atoms with Gasteiger partial charge in [-0.05, 0) is 57.2 Å². The molecule has 0 radical (unpaired) electrons. The van der Waals surface area contributed by atoms with Gasteiger partial charge in [0.15, 0.2) is 5.96 Å². The third-order valence-corrected chi connectivity index (χ3v) is 4.33. The van der Waals surface area contributed by atoms with E-state index >= 15 is 0 Å². The van der Waals surface area contributed by atoms with Crippen LogP contribution >= 0.6 is 24.0 Å². The van der Waals surface area contributed by atoms with Crippen molar-refractivity contribution < 1.29 is 4.79 Å². The average Bonchev–Trinajstić information content (AvgIpc) is 2.59. The van der Waals surface area contributed by atoms with Crippen LogP contribution in [0, 0.1) is 5.92 Å². The average molecular weight is 487 g/mol. The maximum absolute atomic E-state index is 11.7. The molecule has 1 aliphatic heterocycles. The van der Waals surface area contributed by atoms with Gasteiger partial charge in [-0.15, -0.1) is 24.0 Å². The van der Waals surface area contributed by atoms with Crippen LogP contribution in [0.15, 0.2) is 29.3 Å². The van der Waals surface area contributed by atoms with Gasteiger partial charge in [0, 0.05) is 31.4 Å². The molecule has 0 spiro atoms. The van der Waals surface area contributed by atoms with Gasteiger partial charge in [-0.2, -0.15) is 0 Å². The second-order valence-corrected chi connectivity index (χ2v) is 7.31. The van der Waals surface area contributed by atoms with Crippen molar-refractivity contribution in [1.82, 2.24) is 15.5 Å². The smallest absolute Gasteiger partial charge is 0.319 e. The van der Waals surface area contributed by atoms with Crippen molar-refractivity contribution in [3.8, 4) is 0 Å². The number of guanidine groups is 1. The summed E-state index contributed by atoms with van der Waals surface area (Å²) in [5.74, 6) is 1.72. The molecule has 1 aromatic carbocycles. The number of amides is 2. The van der Waals surface area contributed by atoms with Gasteiger partial charge in [0.2, 0.25) is 0 Å². The number of nitrogens with one attached hydrogen (secondary N) is 3. The summed E-state index contributed by atoms with van der Waals surface area (Å²) in [6.07, 6.45) is 2.53. The number of anilines is 1. The van der Waals surface area contributed by atoms with Crippen LogP contribution in [0.4, 0.5) is 10.5 Å². The molecule has 1 heterocycles. The predicted octanol–water partition coefficient (Wildman–Crippen LogP) is 4.03. The molecule has 27 heavy (non-hydrogen) atoms. The maximum Gasteiger partial charge on any atom is 0.319 e. The minimum absolute atomic E-state index is 0. The summed E-state index contributed by atoms with van der Waals surface area (Å²) in [6.45, 7) is 11.9. The Hall–Kier alpha value is -1.51. The number of urea groups is 1. The van der Waals surface area contributed by atoms with E-state index in [0.717, 1.165) is 42.8 Å². The minimum atomic E-state index is -0.181. The molecule has 152 valence electrons. The number of hydrogen-bond acceptors (Lipinski definition) is 2. The zero-order valence-corrected chi connectivity index (χ0v) is 19.2. The number of nitrogens with zero attached hydrogens (tertiary/aromatic N) is 2. The van der Waals surface area contributed by atoms with Crippen LogP contribution in [0.1, 0.15) is 46.1 Å². The number of likely N-dealkylation sites (tertiary alicyclic amines) is 1. The van der Waals surface area contributed by atoms with Gasteiger partial charge < -0.3 is 20.9 Å². The van der Waals surface area contributed by atoms with Gasteiger partial charge in [0.1, 0.15) is 0 Å². The fraction of sp³-hybridized carbons (Fsp3) is 0.600. The molecule has 2 amide bonds. The second-order valence-electron chi connectivity index (χ2n) is 7.31. The minimum Gasteiger partial charge on any atom is -0.357 e. The quantitative estimate of drug-likeness (QED) is 0.334. The van der Waals surface area contributed by atoms with E-state index in [1.807, 2.05) is 38.1 Å². The number of carbonyl (C=O) groups excluding carboxylic acids is 1. The van der Waals surface area contributed by atoms with Crippen LogP contribution in [-0.2, 0) is 6.54 Å². The van der Waals surface area contributed by atoms with Crippen molar-refractivity contribution in [2.24, 2.45) is 10.9 Å². The van der Waals surface area contributed by atoms with Crippen LogP contribution in [-0.4, -0.2) is 42.6 Å². The molecular weight excluding hydrogens is 453 g/mol. The Balaban J connectivity index is 0.00000364. The fourth-order valence-electron chi connectivity index (χ4n) is 3.10. The number of hydrogen-bond donors (Lipinski definition) is 3. The Morgan fingerprint density at radius 2 is 2.00 bits per heavy atom. The number of benzene rings is 1. The highest BCUT2D eigenvalue weighted by Gasteiger charge is 2.18. The van der Waals surface area contributed by atoms with Crippen molar-refractivity contribution in [2.45, 2.75) is 53.1 Å². The van der Waals surface area contributed by atoms with Crippen LogP contribution < -0.4 is 16.0 Å². The largest absolute Gasteiger partial charge is 0.357 e. The highest BCUT2D eigenvalue weighted by Crippen LogP contribution is 2.16. The predicted molar refractivity (Wildman–Crippen MR) is 124 cm³/mol. The first kappa shape index (κ1) is 23.5. The maximum atomic E-state index is 11.7. The molecule has 0 aliphatic carbocycles. The second kappa shape index (κ2) is 12.0. The third kappa shape index (κ3) is 8.36. The van der Waals surface area contributed by atoms with Crippen molar-refractivity contribution in [2.75, 3.05) is 25.0 Å². The normalized spacial score (nSPS) is 17.3. The Labute approximate surface area is 180 Å². The zero-order valence-electron chi connectivity index (χ0n) is 16.9. The lowest BCUT2D eigenvalue weighted by molar-refractivity contribution is 0.250. The molecule has 1 saturated heterocycles. The first-order valence-electron chi connectivity index (χ1n) is 9.67. The molecule has 1 atom stereocenters. The highest BCUT2D eigenvalue weighted by atomic mass is 127. The monoisotopic (exact) mass is 487 g/mol. The van der Waals surface area contributed by atoms with Gasteiger partial charge in [0.05, 0.1) is 6.54 Å². The lowest BCUT2D eigenvalue weighted by Gasteiger charge is -2.33.